The Hall–Kier alpha value is -2.95. The van der Waals surface area contributed by atoms with Crippen LogP contribution in [0, 0.1) is 0 Å². The van der Waals surface area contributed by atoms with Gasteiger partial charge in [0.1, 0.15) is 5.75 Å². The summed E-state index contributed by atoms with van der Waals surface area (Å²) in [5.74, 6) is 0.921. The molecule has 5 nitrogen and oxygen atoms in total. The number of fused-ring (bicyclic) bond motifs is 2. The molecule has 0 unspecified atom stereocenters. The minimum absolute atomic E-state index is 0.198. The molecule has 0 saturated carbocycles. The third-order valence-electron chi connectivity index (χ3n) is 3.98. The molecule has 0 aliphatic carbocycles. The average molecular weight is 293 g/mol. The SMILES string of the molecule is COc1ccc2cn(-c3ccc4c(c3)ncn4C)c(O)c2c1. The number of benzene rings is 2. The summed E-state index contributed by atoms with van der Waals surface area (Å²) < 4.78 is 8.95. The molecular formula is C17H15N3O2. The second-order valence-corrected chi connectivity index (χ2v) is 5.30. The Bertz CT molecular complexity index is 998. The topological polar surface area (TPSA) is 52.2 Å². The van der Waals surface area contributed by atoms with Gasteiger partial charge in [0.25, 0.3) is 0 Å². The van der Waals surface area contributed by atoms with Crippen molar-refractivity contribution in [2.45, 2.75) is 0 Å². The molecule has 0 saturated heterocycles. The lowest BCUT2D eigenvalue weighted by atomic mass is 10.2. The highest BCUT2D eigenvalue weighted by Gasteiger charge is 2.11. The van der Waals surface area contributed by atoms with Crippen LogP contribution in [0.4, 0.5) is 0 Å². The van der Waals surface area contributed by atoms with E-state index in [0.29, 0.717) is 0 Å². The predicted octanol–water partition coefficient (Wildman–Crippen LogP) is 3.23. The first kappa shape index (κ1) is 12.8. The maximum Gasteiger partial charge on any atom is 0.203 e. The quantitative estimate of drug-likeness (QED) is 0.617. The van der Waals surface area contributed by atoms with Crippen molar-refractivity contribution in [3.05, 3.63) is 48.9 Å². The fourth-order valence-corrected chi connectivity index (χ4v) is 2.77. The van der Waals surface area contributed by atoms with Gasteiger partial charge in [-0.2, -0.15) is 0 Å². The Morgan fingerprint density at radius 3 is 2.82 bits per heavy atom. The molecule has 0 radical (unpaired) electrons. The Morgan fingerprint density at radius 2 is 2.00 bits per heavy atom. The van der Waals surface area contributed by atoms with Gasteiger partial charge < -0.3 is 14.4 Å². The fraction of sp³-hybridized carbons (Fsp3) is 0.118. The van der Waals surface area contributed by atoms with Crippen LogP contribution in [0.1, 0.15) is 0 Å². The second kappa shape index (κ2) is 4.53. The van der Waals surface area contributed by atoms with Crippen molar-refractivity contribution >= 4 is 21.8 Å². The molecule has 1 N–H and O–H groups in total. The molecule has 0 spiro atoms. The van der Waals surface area contributed by atoms with Crippen LogP contribution < -0.4 is 4.74 Å². The number of aromatic hydroxyl groups is 1. The van der Waals surface area contributed by atoms with E-state index < -0.39 is 0 Å². The number of aromatic nitrogens is 3. The first-order valence-corrected chi connectivity index (χ1v) is 6.97. The molecule has 110 valence electrons. The van der Waals surface area contributed by atoms with E-state index >= 15 is 0 Å². The standard InChI is InChI=1S/C17H15N3O2/c1-19-10-18-15-7-12(4-6-16(15)19)20-9-11-3-5-13(22-2)8-14(11)17(20)21/h3-10,21H,1-2H3. The summed E-state index contributed by atoms with van der Waals surface area (Å²) >= 11 is 0. The molecule has 22 heavy (non-hydrogen) atoms. The van der Waals surface area contributed by atoms with Crippen LogP contribution in [-0.2, 0) is 7.05 Å². The van der Waals surface area contributed by atoms with Gasteiger partial charge in [-0.25, -0.2) is 4.98 Å². The van der Waals surface area contributed by atoms with Gasteiger partial charge in [-0.3, -0.25) is 4.57 Å². The van der Waals surface area contributed by atoms with Gasteiger partial charge >= 0.3 is 0 Å². The molecule has 0 atom stereocenters. The van der Waals surface area contributed by atoms with Crippen molar-refractivity contribution in [3.63, 3.8) is 0 Å². The highest BCUT2D eigenvalue weighted by atomic mass is 16.5. The third kappa shape index (κ3) is 1.75. The number of nitrogens with zero attached hydrogens (tertiary/aromatic N) is 3. The molecule has 2 aromatic heterocycles. The van der Waals surface area contributed by atoms with Crippen molar-refractivity contribution in [3.8, 4) is 17.3 Å². The van der Waals surface area contributed by atoms with Crippen LogP contribution >= 0.6 is 0 Å². The van der Waals surface area contributed by atoms with E-state index in [1.165, 1.54) is 0 Å². The second-order valence-electron chi connectivity index (χ2n) is 5.30. The molecule has 4 aromatic rings. The average Bonchev–Trinajstić information content (AvgIpc) is 3.08. The number of imidazole rings is 1. The minimum Gasteiger partial charge on any atom is -0.497 e. The highest BCUT2D eigenvalue weighted by molar-refractivity contribution is 5.90. The largest absolute Gasteiger partial charge is 0.497 e. The van der Waals surface area contributed by atoms with Crippen molar-refractivity contribution in [2.24, 2.45) is 7.05 Å². The summed E-state index contributed by atoms with van der Waals surface area (Å²) in [6, 6.07) is 11.6. The van der Waals surface area contributed by atoms with E-state index in [1.807, 2.05) is 54.2 Å². The molecule has 0 fully saturated rings. The van der Waals surface area contributed by atoms with Crippen LogP contribution in [0.3, 0.4) is 0 Å². The molecule has 4 rings (SSSR count). The molecule has 5 heteroatoms. The Kier molecular flexibility index (Phi) is 2.63. The number of rotatable bonds is 2. The van der Waals surface area contributed by atoms with E-state index in [2.05, 4.69) is 4.98 Å². The van der Waals surface area contributed by atoms with Crippen LogP contribution in [0.25, 0.3) is 27.5 Å². The summed E-state index contributed by atoms with van der Waals surface area (Å²) in [7, 11) is 3.58. The lowest BCUT2D eigenvalue weighted by molar-refractivity contribution is 0.414. The van der Waals surface area contributed by atoms with Gasteiger partial charge in [0.05, 0.1) is 30.2 Å². The van der Waals surface area contributed by atoms with Crippen molar-refractivity contribution in [1.29, 1.82) is 0 Å². The van der Waals surface area contributed by atoms with Crippen molar-refractivity contribution < 1.29 is 9.84 Å². The van der Waals surface area contributed by atoms with Crippen LogP contribution in [0.15, 0.2) is 48.9 Å². The number of aryl methyl sites for hydroxylation is 1. The number of methoxy groups -OCH3 is 1. The molecule has 2 heterocycles. The fourth-order valence-electron chi connectivity index (χ4n) is 2.77. The predicted molar refractivity (Wildman–Crippen MR) is 85.8 cm³/mol. The maximum atomic E-state index is 10.5. The normalized spacial score (nSPS) is 11.4. The first-order valence-electron chi connectivity index (χ1n) is 6.97. The number of ether oxygens (including phenoxy) is 1. The van der Waals surface area contributed by atoms with E-state index in [4.69, 9.17) is 4.74 Å². The number of hydrogen-bond acceptors (Lipinski definition) is 3. The van der Waals surface area contributed by atoms with Crippen LogP contribution in [-0.4, -0.2) is 26.3 Å². The molecule has 0 amide bonds. The zero-order valence-corrected chi connectivity index (χ0v) is 12.3. The molecular weight excluding hydrogens is 278 g/mol. The highest BCUT2D eigenvalue weighted by Crippen LogP contribution is 2.33. The van der Waals surface area contributed by atoms with Gasteiger partial charge in [0.15, 0.2) is 0 Å². The van der Waals surface area contributed by atoms with Gasteiger partial charge in [-0.1, -0.05) is 0 Å². The Balaban J connectivity index is 1.93. The van der Waals surface area contributed by atoms with E-state index in [9.17, 15) is 5.11 Å². The summed E-state index contributed by atoms with van der Waals surface area (Å²) in [6.45, 7) is 0. The number of hydrogen-bond donors (Lipinski definition) is 1. The van der Waals surface area contributed by atoms with E-state index in [1.54, 1.807) is 18.0 Å². The molecule has 0 bridgehead atoms. The molecule has 0 aliphatic rings. The minimum atomic E-state index is 0.198. The zero-order chi connectivity index (χ0) is 15.3. The summed E-state index contributed by atoms with van der Waals surface area (Å²) in [4.78, 5) is 4.36. The summed E-state index contributed by atoms with van der Waals surface area (Å²) in [5, 5.41) is 12.2. The smallest absolute Gasteiger partial charge is 0.203 e. The van der Waals surface area contributed by atoms with Crippen LogP contribution in [0.2, 0.25) is 0 Å². The van der Waals surface area contributed by atoms with E-state index in [-0.39, 0.29) is 5.88 Å². The lowest BCUT2D eigenvalue weighted by Crippen LogP contribution is -1.91. The zero-order valence-electron chi connectivity index (χ0n) is 12.3. The van der Waals surface area contributed by atoms with Gasteiger partial charge in [0.2, 0.25) is 5.88 Å². The van der Waals surface area contributed by atoms with Gasteiger partial charge in [-0.15, -0.1) is 0 Å². The Morgan fingerprint density at radius 1 is 1.14 bits per heavy atom. The lowest BCUT2D eigenvalue weighted by Gasteiger charge is -2.05. The molecule has 0 aliphatic heterocycles. The van der Waals surface area contributed by atoms with Crippen molar-refractivity contribution in [2.75, 3.05) is 7.11 Å². The summed E-state index contributed by atoms with van der Waals surface area (Å²) in [5.41, 5.74) is 2.83. The first-order chi connectivity index (χ1) is 10.7. The van der Waals surface area contributed by atoms with E-state index in [0.717, 1.165) is 33.2 Å². The monoisotopic (exact) mass is 293 g/mol. The molecule has 2 aromatic carbocycles. The maximum absolute atomic E-state index is 10.5. The van der Waals surface area contributed by atoms with Gasteiger partial charge in [0, 0.05) is 24.0 Å². The summed E-state index contributed by atoms with van der Waals surface area (Å²) in [6.07, 6.45) is 3.69. The van der Waals surface area contributed by atoms with Crippen LogP contribution in [0.5, 0.6) is 11.6 Å². The van der Waals surface area contributed by atoms with Crippen molar-refractivity contribution in [1.82, 2.24) is 14.1 Å². The Labute approximate surface area is 127 Å². The van der Waals surface area contributed by atoms with Gasteiger partial charge in [-0.05, 0) is 36.4 Å². The third-order valence-corrected chi connectivity index (χ3v) is 3.98.